The molecule has 0 unspecified atom stereocenters. The summed E-state index contributed by atoms with van der Waals surface area (Å²) in [7, 11) is -1.61. The van der Waals surface area contributed by atoms with Crippen molar-refractivity contribution in [3.63, 3.8) is 0 Å². The zero-order valence-corrected chi connectivity index (χ0v) is 13.3. The maximum atomic E-state index is 12.0. The molecule has 0 aliphatic rings. The number of ether oxygens (including phenoxy) is 2. The molecule has 114 valence electrons. The number of nitrogens with two attached hydrogens (primary N) is 1. The molecule has 0 atom stereocenters. The molecule has 0 aliphatic carbocycles. The summed E-state index contributed by atoms with van der Waals surface area (Å²) in [5.41, 5.74) is 6.44. The van der Waals surface area contributed by atoms with Gasteiger partial charge in [-0.1, -0.05) is 0 Å². The summed E-state index contributed by atoms with van der Waals surface area (Å²) < 4.78 is 33.8. The third kappa shape index (κ3) is 4.11. The molecule has 1 aromatic rings. The number of hydrogen-bond donors (Lipinski definition) is 1. The largest absolute Gasteiger partial charge is 0.497 e. The minimum atomic E-state index is -3.18. The Bertz CT molecular complexity index is 547. The van der Waals surface area contributed by atoms with Gasteiger partial charge in [-0.3, -0.25) is 0 Å². The number of methoxy groups -OCH3 is 1. The van der Waals surface area contributed by atoms with Crippen LogP contribution >= 0.6 is 0 Å². The molecule has 20 heavy (non-hydrogen) atoms. The third-order valence-corrected chi connectivity index (χ3v) is 5.60. The molecular formula is C14H23NO4S. The molecule has 2 N–H and O–H groups in total. The van der Waals surface area contributed by atoms with Gasteiger partial charge in [-0.15, -0.1) is 0 Å². The van der Waals surface area contributed by atoms with Gasteiger partial charge in [0.25, 0.3) is 0 Å². The molecule has 0 fully saturated rings. The Morgan fingerprint density at radius 3 is 2.40 bits per heavy atom. The highest BCUT2D eigenvalue weighted by Crippen LogP contribution is 2.24. The SMILES string of the molecule is COc1ccc(OCCS(=O)(=O)C(C)(C)C)c(CN)c1. The molecule has 0 aromatic heterocycles. The highest BCUT2D eigenvalue weighted by Gasteiger charge is 2.28. The van der Waals surface area contributed by atoms with Crippen molar-refractivity contribution in [2.24, 2.45) is 5.73 Å². The molecule has 1 rings (SSSR count). The van der Waals surface area contributed by atoms with Crippen LogP contribution in [0.25, 0.3) is 0 Å². The van der Waals surface area contributed by atoms with Crippen LogP contribution in [0.1, 0.15) is 26.3 Å². The fourth-order valence-electron chi connectivity index (χ4n) is 1.55. The fraction of sp³-hybridized carbons (Fsp3) is 0.571. The van der Waals surface area contributed by atoms with E-state index in [0.29, 0.717) is 18.0 Å². The van der Waals surface area contributed by atoms with E-state index >= 15 is 0 Å². The Morgan fingerprint density at radius 1 is 1.25 bits per heavy atom. The Labute approximate surface area is 121 Å². The highest BCUT2D eigenvalue weighted by molar-refractivity contribution is 7.92. The molecule has 6 heteroatoms. The lowest BCUT2D eigenvalue weighted by atomic mass is 10.2. The van der Waals surface area contributed by atoms with E-state index in [-0.39, 0.29) is 12.4 Å². The monoisotopic (exact) mass is 301 g/mol. The van der Waals surface area contributed by atoms with Gasteiger partial charge in [0.2, 0.25) is 0 Å². The van der Waals surface area contributed by atoms with E-state index in [0.717, 1.165) is 5.56 Å². The van der Waals surface area contributed by atoms with Crippen molar-refractivity contribution >= 4 is 9.84 Å². The summed E-state index contributed by atoms with van der Waals surface area (Å²) in [6.45, 7) is 5.46. The summed E-state index contributed by atoms with van der Waals surface area (Å²) in [5, 5.41) is 0. The lowest BCUT2D eigenvalue weighted by Gasteiger charge is -2.19. The van der Waals surface area contributed by atoms with Crippen LogP contribution in [0.2, 0.25) is 0 Å². The summed E-state index contributed by atoms with van der Waals surface area (Å²) in [6.07, 6.45) is 0. The molecule has 0 bridgehead atoms. The van der Waals surface area contributed by atoms with Crippen molar-refractivity contribution in [2.45, 2.75) is 32.1 Å². The molecule has 1 aromatic carbocycles. The van der Waals surface area contributed by atoms with Crippen LogP contribution < -0.4 is 15.2 Å². The highest BCUT2D eigenvalue weighted by atomic mass is 32.2. The Morgan fingerprint density at radius 2 is 1.90 bits per heavy atom. The number of benzene rings is 1. The third-order valence-electron chi connectivity index (χ3n) is 3.03. The summed E-state index contributed by atoms with van der Waals surface area (Å²) >= 11 is 0. The maximum absolute atomic E-state index is 12.0. The van der Waals surface area contributed by atoms with E-state index in [1.54, 1.807) is 46.1 Å². The quantitative estimate of drug-likeness (QED) is 0.866. The normalized spacial score (nSPS) is 12.2. The van der Waals surface area contributed by atoms with E-state index in [2.05, 4.69) is 0 Å². The summed E-state index contributed by atoms with van der Waals surface area (Å²) in [4.78, 5) is 0. The molecule has 5 nitrogen and oxygen atoms in total. The van der Waals surface area contributed by atoms with Gasteiger partial charge in [0.05, 0.1) is 17.6 Å². The first kappa shape index (κ1) is 16.8. The van der Waals surface area contributed by atoms with E-state index in [9.17, 15) is 8.42 Å². The van der Waals surface area contributed by atoms with Crippen molar-refractivity contribution in [2.75, 3.05) is 19.5 Å². The van der Waals surface area contributed by atoms with Crippen LogP contribution in [-0.2, 0) is 16.4 Å². The van der Waals surface area contributed by atoms with Gasteiger partial charge in [-0.25, -0.2) is 8.42 Å². The molecule has 0 heterocycles. The van der Waals surface area contributed by atoms with Gasteiger partial charge in [0.1, 0.15) is 18.1 Å². The number of rotatable bonds is 6. The Balaban J connectivity index is 2.72. The molecule has 0 saturated heterocycles. The summed E-state index contributed by atoms with van der Waals surface area (Å²) in [6, 6.07) is 5.28. The van der Waals surface area contributed by atoms with Crippen molar-refractivity contribution < 1.29 is 17.9 Å². The van der Waals surface area contributed by atoms with E-state index < -0.39 is 14.6 Å². The van der Waals surface area contributed by atoms with Crippen molar-refractivity contribution in [1.29, 1.82) is 0 Å². The van der Waals surface area contributed by atoms with E-state index in [1.165, 1.54) is 0 Å². The lowest BCUT2D eigenvalue weighted by molar-refractivity contribution is 0.334. The molecule has 0 spiro atoms. The van der Waals surface area contributed by atoms with E-state index in [1.807, 2.05) is 0 Å². The topological polar surface area (TPSA) is 78.6 Å². The lowest BCUT2D eigenvalue weighted by Crippen LogP contribution is -2.32. The standard InChI is InChI=1S/C14H23NO4S/c1-14(2,3)20(16,17)8-7-19-13-6-5-12(18-4)9-11(13)10-15/h5-6,9H,7-8,10,15H2,1-4H3. The molecule has 0 radical (unpaired) electrons. The smallest absolute Gasteiger partial charge is 0.158 e. The van der Waals surface area contributed by atoms with Crippen LogP contribution in [0, 0.1) is 0 Å². The first-order valence-electron chi connectivity index (χ1n) is 6.43. The summed E-state index contributed by atoms with van der Waals surface area (Å²) in [5.74, 6) is 1.27. The minimum Gasteiger partial charge on any atom is -0.497 e. The Hall–Kier alpha value is -1.27. The zero-order valence-electron chi connectivity index (χ0n) is 12.5. The molecule has 0 saturated carbocycles. The first-order chi connectivity index (χ1) is 9.21. The minimum absolute atomic E-state index is 0.0213. The zero-order chi connectivity index (χ0) is 15.4. The first-order valence-corrected chi connectivity index (χ1v) is 8.08. The van der Waals surface area contributed by atoms with Gasteiger partial charge >= 0.3 is 0 Å². The average Bonchev–Trinajstić information content (AvgIpc) is 2.37. The van der Waals surface area contributed by atoms with Crippen LogP contribution in [-0.4, -0.2) is 32.6 Å². The second-order valence-electron chi connectivity index (χ2n) is 5.46. The molecular weight excluding hydrogens is 278 g/mol. The van der Waals surface area contributed by atoms with Gasteiger partial charge in [0.15, 0.2) is 9.84 Å². The van der Waals surface area contributed by atoms with Crippen LogP contribution in [0.3, 0.4) is 0 Å². The van der Waals surface area contributed by atoms with Crippen molar-refractivity contribution in [3.05, 3.63) is 23.8 Å². The maximum Gasteiger partial charge on any atom is 0.158 e. The molecule has 0 aliphatic heterocycles. The second kappa shape index (κ2) is 6.45. The second-order valence-corrected chi connectivity index (χ2v) is 8.32. The van der Waals surface area contributed by atoms with Crippen LogP contribution in [0.15, 0.2) is 18.2 Å². The predicted octanol–water partition coefficient (Wildman–Crippen LogP) is 1.75. The molecule has 0 amide bonds. The number of hydrogen-bond acceptors (Lipinski definition) is 5. The van der Waals surface area contributed by atoms with Gasteiger partial charge in [-0.2, -0.15) is 0 Å². The Kier molecular flexibility index (Phi) is 5.42. The average molecular weight is 301 g/mol. The van der Waals surface area contributed by atoms with Crippen molar-refractivity contribution in [1.82, 2.24) is 0 Å². The van der Waals surface area contributed by atoms with Crippen LogP contribution in [0.5, 0.6) is 11.5 Å². The van der Waals surface area contributed by atoms with Crippen molar-refractivity contribution in [3.8, 4) is 11.5 Å². The van der Waals surface area contributed by atoms with Gasteiger partial charge in [0, 0.05) is 12.1 Å². The predicted molar refractivity (Wildman–Crippen MR) is 79.9 cm³/mol. The van der Waals surface area contributed by atoms with Gasteiger partial charge < -0.3 is 15.2 Å². The van der Waals surface area contributed by atoms with Crippen LogP contribution in [0.4, 0.5) is 0 Å². The number of sulfone groups is 1. The van der Waals surface area contributed by atoms with Gasteiger partial charge in [-0.05, 0) is 39.0 Å². The van der Waals surface area contributed by atoms with E-state index in [4.69, 9.17) is 15.2 Å². The fourth-order valence-corrected chi connectivity index (χ4v) is 2.47.